The molecule has 1 aromatic carbocycles. The first-order valence-corrected chi connectivity index (χ1v) is 12.8. The lowest BCUT2D eigenvalue weighted by Gasteiger charge is -2.32. The van der Waals surface area contributed by atoms with E-state index in [1.807, 2.05) is 19.0 Å². The van der Waals surface area contributed by atoms with Gasteiger partial charge in [-0.25, -0.2) is 4.39 Å². The largest absolute Gasteiger partial charge is 0.491 e. The summed E-state index contributed by atoms with van der Waals surface area (Å²) >= 11 is 0. The number of nitrogens with zero attached hydrogens (tertiary/aromatic N) is 5. The topological polar surface area (TPSA) is 120 Å². The first kappa shape index (κ1) is 29.3. The highest BCUT2D eigenvalue weighted by Crippen LogP contribution is 2.26. The summed E-state index contributed by atoms with van der Waals surface area (Å²) in [5.41, 5.74) is 6.07. The van der Waals surface area contributed by atoms with Crippen molar-refractivity contribution < 1.29 is 28.3 Å². The van der Waals surface area contributed by atoms with E-state index < -0.39 is 17.8 Å². The number of benzene rings is 1. The molecule has 4 amide bonds. The average Bonchev–Trinajstić information content (AvgIpc) is 3.25. The van der Waals surface area contributed by atoms with Crippen LogP contribution in [0.3, 0.4) is 0 Å². The van der Waals surface area contributed by atoms with Gasteiger partial charge in [0.25, 0.3) is 5.91 Å². The van der Waals surface area contributed by atoms with Crippen LogP contribution in [0.4, 0.5) is 4.39 Å². The molecule has 0 aliphatic carbocycles. The van der Waals surface area contributed by atoms with Gasteiger partial charge in [0.15, 0.2) is 0 Å². The minimum absolute atomic E-state index is 0.0352. The summed E-state index contributed by atoms with van der Waals surface area (Å²) in [5.74, 6) is -2.02. The van der Waals surface area contributed by atoms with Gasteiger partial charge < -0.3 is 35.0 Å². The van der Waals surface area contributed by atoms with Gasteiger partial charge in [0, 0.05) is 53.2 Å². The molecule has 2 aliphatic heterocycles. The number of amides is 4. The Labute approximate surface area is 223 Å². The van der Waals surface area contributed by atoms with Crippen LogP contribution >= 0.6 is 0 Å². The lowest BCUT2D eigenvalue weighted by Crippen LogP contribution is -2.50. The molecule has 0 bridgehead atoms. The van der Waals surface area contributed by atoms with Crippen LogP contribution in [0.15, 0.2) is 18.2 Å². The normalized spacial score (nSPS) is 23.5. The molecule has 0 radical (unpaired) electrons. The lowest BCUT2D eigenvalue weighted by atomic mass is 10.1. The number of rotatable bonds is 4. The van der Waals surface area contributed by atoms with E-state index in [-0.39, 0.29) is 67.1 Å². The number of fused-ring (bicyclic) bond motifs is 2. The first-order valence-electron chi connectivity index (χ1n) is 12.8. The van der Waals surface area contributed by atoms with Crippen molar-refractivity contribution in [3.8, 4) is 5.75 Å². The molecule has 12 heteroatoms. The zero-order chi connectivity index (χ0) is 28.1. The van der Waals surface area contributed by atoms with Crippen LogP contribution in [0.2, 0.25) is 0 Å². The number of hydrogen-bond acceptors (Lipinski definition) is 7. The Morgan fingerprint density at radius 2 is 1.84 bits per heavy atom. The fraction of sp³-hybridized carbons (Fsp3) is 0.615. The summed E-state index contributed by atoms with van der Waals surface area (Å²) in [5, 5.41) is 0. The second-order valence-electron chi connectivity index (χ2n) is 10.4. The number of halogens is 1. The molecule has 11 nitrogen and oxygen atoms in total. The molecule has 210 valence electrons. The van der Waals surface area contributed by atoms with Gasteiger partial charge in [-0.1, -0.05) is 0 Å². The number of nitrogens with two attached hydrogens (primary N) is 1. The maximum Gasteiger partial charge on any atom is 0.258 e. The van der Waals surface area contributed by atoms with Crippen molar-refractivity contribution in [2.45, 2.75) is 37.4 Å². The van der Waals surface area contributed by atoms with Crippen molar-refractivity contribution >= 4 is 23.6 Å². The molecule has 2 heterocycles. The molecule has 3 atom stereocenters. The van der Waals surface area contributed by atoms with Crippen LogP contribution in [0.1, 0.15) is 29.6 Å². The summed E-state index contributed by atoms with van der Waals surface area (Å²) in [6.07, 6.45) is 0.464. The highest BCUT2D eigenvalue weighted by molar-refractivity contribution is 5.99. The molecule has 0 aromatic heterocycles. The first-order chi connectivity index (χ1) is 17.9. The molecule has 1 saturated heterocycles. The summed E-state index contributed by atoms with van der Waals surface area (Å²) in [4.78, 5) is 60.7. The molecule has 2 N–H and O–H groups in total. The van der Waals surface area contributed by atoms with Gasteiger partial charge in [-0.3, -0.25) is 19.2 Å². The van der Waals surface area contributed by atoms with E-state index in [2.05, 4.69) is 0 Å². The zero-order valence-electron chi connectivity index (χ0n) is 22.9. The van der Waals surface area contributed by atoms with Crippen LogP contribution in [0.5, 0.6) is 5.75 Å². The minimum atomic E-state index is -0.981. The number of likely N-dealkylation sites (N-methyl/N-ethyl adjacent to an activating group) is 4. The quantitative estimate of drug-likeness (QED) is 0.570. The maximum absolute atomic E-state index is 14.3. The van der Waals surface area contributed by atoms with Crippen molar-refractivity contribution in [3.05, 3.63) is 29.6 Å². The third-order valence-corrected chi connectivity index (χ3v) is 7.13. The van der Waals surface area contributed by atoms with E-state index >= 15 is 0 Å². The van der Waals surface area contributed by atoms with E-state index in [1.165, 1.54) is 40.9 Å². The molecule has 3 rings (SSSR count). The molecule has 0 spiro atoms. The van der Waals surface area contributed by atoms with Gasteiger partial charge in [0.05, 0.1) is 18.2 Å². The summed E-state index contributed by atoms with van der Waals surface area (Å²) in [6.45, 7) is 1.25. The minimum Gasteiger partial charge on any atom is -0.491 e. The van der Waals surface area contributed by atoms with Crippen LogP contribution < -0.4 is 10.5 Å². The number of ether oxygens (including phenoxy) is 1. The van der Waals surface area contributed by atoms with Gasteiger partial charge >= 0.3 is 0 Å². The number of carbonyl (C=O) groups is 4. The van der Waals surface area contributed by atoms with Crippen LogP contribution in [0.25, 0.3) is 0 Å². The van der Waals surface area contributed by atoms with Gasteiger partial charge in [0.1, 0.15) is 24.2 Å². The van der Waals surface area contributed by atoms with Gasteiger partial charge in [0.2, 0.25) is 17.7 Å². The summed E-state index contributed by atoms with van der Waals surface area (Å²) in [7, 11) is 8.41. The van der Waals surface area contributed by atoms with Crippen molar-refractivity contribution in [1.29, 1.82) is 0 Å². The van der Waals surface area contributed by atoms with Gasteiger partial charge in [-0.15, -0.1) is 0 Å². The number of carbonyl (C=O) groups excluding carboxylic acids is 4. The van der Waals surface area contributed by atoms with E-state index in [0.29, 0.717) is 26.1 Å². The smallest absolute Gasteiger partial charge is 0.258 e. The predicted molar refractivity (Wildman–Crippen MR) is 139 cm³/mol. The Kier molecular flexibility index (Phi) is 9.66. The average molecular weight is 535 g/mol. The Balaban J connectivity index is 1.97. The van der Waals surface area contributed by atoms with Gasteiger partial charge in [-0.05, 0) is 45.1 Å². The molecule has 1 fully saturated rings. The van der Waals surface area contributed by atoms with Crippen molar-refractivity contribution in [3.63, 3.8) is 0 Å². The van der Waals surface area contributed by atoms with E-state index in [0.717, 1.165) is 6.07 Å². The molecule has 0 unspecified atom stereocenters. The zero-order valence-corrected chi connectivity index (χ0v) is 22.9. The SMILES string of the molecule is CN(C)CCN(C)C(=O)[C@@H]1CCC(=O)N(C)CC(=O)N2C[C@@H](N)C[C@H]2COc2ccc(F)cc2C(=O)N1C. The third kappa shape index (κ3) is 6.98. The molecular formula is C26H39FN6O5. The maximum atomic E-state index is 14.3. The predicted octanol–water partition coefficient (Wildman–Crippen LogP) is -0.154. The van der Waals surface area contributed by atoms with Crippen LogP contribution in [-0.4, -0.2) is 134 Å². The molecular weight excluding hydrogens is 495 g/mol. The molecule has 0 saturated carbocycles. The monoisotopic (exact) mass is 534 g/mol. The number of hydrogen-bond donors (Lipinski definition) is 1. The van der Waals surface area contributed by atoms with E-state index in [4.69, 9.17) is 10.5 Å². The summed E-state index contributed by atoms with van der Waals surface area (Å²) < 4.78 is 20.2. The van der Waals surface area contributed by atoms with E-state index in [9.17, 15) is 23.6 Å². The molecule has 38 heavy (non-hydrogen) atoms. The summed E-state index contributed by atoms with van der Waals surface area (Å²) in [6, 6.07) is 2.04. The molecule has 2 aliphatic rings. The highest BCUT2D eigenvalue weighted by atomic mass is 19.1. The lowest BCUT2D eigenvalue weighted by molar-refractivity contribution is -0.141. The van der Waals surface area contributed by atoms with E-state index in [1.54, 1.807) is 11.9 Å². The second-order valence-corrected chi connectivity index (χ2v) is 10.4. The fourth-order valence-corrected chi connectivity index (χ4v) is 4.76. The second kappa shape index (κ2) is 12.5. The van der Waals surface area contributed by atoms with Crippen molar-refractivity contribution in [2.75, 3.05) is 68.0 Å². The standard InChI is InChI=1S/C26H39FN6O5/c1-29(2)10-11-30(3)26(37)21-7-9-23(34)31(4)15-24(35)33-14-18(28)13-19(33)16-38-22-8-6-17(27)12-20(22)25(36)32(21)5/h6,8,12,18-19,21H,7,9-11,13-16,28H2,1-5H3/t18-,19-,21-/m0/s1. The van der Waals surface area contributed by atoms with Crippen molar-refractivity contribution in [1.82, 2.24) is 24.5 Å². The van der Waals surface area contributed by atoms with Crippen molar-refractivity contribution in [2.24, 2.45) is 5.73 Å². The Morgan fingerprint density at radius 1 is 1.13 bits per heavy atom. The third-order valence-electron chi connectivity index (χ3n) is 7.13. The highest BCUT2D eigenvalue weighted by Gasteiger charge is 2.36. The van der Waals surface area contributed by atoms with Crippen LogP contribution in [0, 0.1) is 5.82 Å². The fourth-order valence-electron chi connectivity index (χ4n) is 4.76. The van der Waals surface area contributed by atoms with Gasteiger partial charge in [-0.2, -0.15) is 0 Å². The molecule has 1 aromatic rings. The Morgan fingerprint density at radius 3 is 2.53 bits per heavy atom. The Bertz CT molecular complexity index is 1050. The van der Waals surface area contributed by atoms with Crippen LogP contribution in [-0.2, 0) is 14.4 Å². The Hall–Kier alpha value is -3.25.